The summed E-state index contributed by atoms with van der Waals surface area (Å²) in [5.41, 5.74) is 1.50. The molecular formula is C17H33ClO3SSi2. The molecule has 0 aromatic heterocycles. The Morgan fingerprint density at radius 1 is 0.958 bits per heavy atom. The summed E-state index contributed by atoms with van der Waals surface area (Å²) in [6, 6.07) is 0. The van der Waals surface area contributed by atoms with Crippen molar-refractivity contribution in [3.05, 3.63) is 10.4 Å². The van der Waals surface area contributed by atoms with E-state index in [9.17, 15) is 0 Å². The Morgan fingerprint density at radius 3 is 1.92 bits per heavy atom. The van der Waals surface area contributed by atoms with Gasteiger partial charge in [0.15, 0.2) is 0 Å². The smallest absolute Gasteiger partial charge is 0.335 e. The largest absolute Gasteiger partial charge is 0.414 e. The van der Waals surface area contributed by atoms with Crippen molar-refractivity contribution in [1.29, 1.82) is 0 Å². The van der Waals surface area contributed by atoms with Crippen LogP contribution >= 0.6 is 23.4 Å². The van der Waals surface area contributed by atoms with E-state index in [1.807, 2.05) is 0 Å². The molecule has 2 rings (SSSR count). The third kappa shape index (κ3) is 3.70. The van der Waals surface area contributed by atoms with Crippen molar-refractivity contribution in [3.63, 3.8) is 0 Å². The summed E-state index contributed by atoms with van der Waals surface area (Å²) in [7, 11) is -4.88. The lowest BCUT2D eigenvalue weighted by molar-refractivity contribution is 0.0942. The molecule has 0 amide bonds. The predicted molar refractivity (Wildman–Crippen MR) is 109 cm³/mol. The zero-order valence-electron chi connectivity index (χ0n) is 16.3. The van der Waals surface area contributed by atoms with E-state index in [1.165, 1.54) is 0 Å². The molecule has 2 atom stereocenters. The van der Waals surface area contributed by atoms with Crippen LogP contribution in [-0.4, -0.2) is 35.1 Å². The van der Waals surface area contributed by atoms with E-state index >= 15 is 0 Å². The summed E-state index contributed by atoms with van der Waals surface area (Å²) in [5.74, 6) is 0. The molecule has 0 aromatic rings. The van der Waals surface area contributed by atoms with Gasteiger partial charge < -0.3 is 13.0 Å². The number of halogens is 1. The Labute approximate surface area is 159 Å². The summed E-state index contributed by atoms with van der Waals surface area (Å²) in [5, 5.41) is 0.246. The molecule has 0 unspecified atom stereocenters. The van der Waals surface area contributed by atoms with E-state index in [0.29, 0.717) is 28.8 Å². The van der Waals surface area contributed by atoms with Crippen LogP contribution in [0.15, 0.2) is 10.4 Å². The van der Waals surface area contributed by atoms with Crippen LogP contribution in [0.4, 0.5) is 0 Å². The zero-order chi connectivity index (χ0) is 18.3. The highest BCUT2D eigenvalue weighted by atomic mass is 35.5. The summed E-state index contributed by atoms with van der Waals surface area (Å²) in [6.07, 6.45) is 2.06. The quantitative estimate of drug-likeness (QED) is 0.522. The normalized spacial score (nSPS) is 29.8. The molecule has 24 heavy (non-hydrogen) atoms. The number of hydrogen-bond donors (Lipinski definition) is 0. The lowest BCUT2D eigenvalue weighted by atomic mass is 10.3. The maximum atomic E-state index is 7.11. The second-order valence-electron chi connectivity index (χ2n) is 8.18. The molecule has 0 aliphatic carbocycles. The van der Waals surface area contributed by atoms with E-state index in [4.69, 9.17) is 24.6 Å². The van der Waals surface area contributed by atoms with Gasteiger partial charge in [-0.15, -0.1) is 11.8 Å². The van der Waals surface area contributed by atoms with E-state index in [1.54, 1.807) is 11.8 Å². The van der Waals surface area contributed by atoms with Crippen molar-refractivity contribution < 1.29 is 13.0 Å². The Bertz CT molecular complexity index is 466. The first-order valence-electron chi connectivity index (χ1n) is 9.11. The topological polar surface area (TPSA) is 27.7 Å². The molecule has 0 saturated carbocycles. The molecule has 0 radical (unpaired) electrons. The van der Waals surface area contributed by atoms with Crippen LogP contribution in [0, 0.1) is 0 Å². The average Bonchev–Trinajstić information content (AvgIpc) is 2.77. The van der Waals surface area contributed by atoms with Gasteiger partial charge in [-0.1, -0.05) is 67.0 Å². The number of thioether (sulfide) groups is 1. The SMILES string of the molecule is CC(C)[Si]1(C(C)C)OC[C@H]2SC(Cl)=C[C@@H]2O[Si](C(C)C)(C(C)C)O1. The van der Waals surface area contributed by atoms with Crippen molar-refractivity contribution in [1.82, 2.24) is 0 Å². The van der Waals surface area contributed by atoms with Crippen LogP contribution in [0.5, 0.6) is 0 Å². The fourth-order valence-electron chi connectivity index (χ4n) is 3.86. The highest BCUT2D eigenvalue weighted by Gasteiger charge is 2.59. The molecule has 2 aliphatic heterocycles. The van der Waals surface area contributed by atoms with Gasteiger partial charge >= 0.3 is 17.1 Å². The van der Waals surface area contributed by atoms with Crippen LogP contribution in [0.1, 0.15) is 55.4 Å². The Morgan fingerprint density at radius 2 is 1.46 bits per heavy atom. The number of fused-ring (bicyclic) bond motifs is 1. The maximum Gasteiger partial charge on any atom is 0.335 e. The van der Waals surface area contributed by atoms with Gasteiger partial charge in [0.1, 0.15) is 0 Å². The van der Waals surface area contributed by atoms with Crippen molar-refractivity contribution in [2.75, 3.05) is 6.61 Å². The first kappa shape index (κ1) is 21.0. The Balaban J connectivity index is 2.51. The van der Waals surface area contributed by atoms with Crippen molar-refractivity contribution in [2.24, 2.45) is 0 Å². The molecule has 3 nitrogen and oxygen atoms in total. The number of rotatable bonds is 4. The van der Waals surface area contributed by atoms with Crippen molar-refractivity contribution >= 4 is 40.5 Å². The monoisotopic (exact) mass is 408 g/mol. The molecule has 0 bridgehead atoms. The van der Waals surface area contributed by atoms with Gasteiger partial charge in [0, 0.05) is 0 Å². The van der Waals surface area contributed by atoms with Gasteiger partial charge in [0.05, 0.1) is 22.3 Å². The predicted octanol–water partition coefficient (Wildman–Crippen LogP) is 6.14. The third-order valence-corrected chi connectivity index (χ3v) is 17.0. The van der Waals surface area contributed by atoms with Crippen LogP contribution in [-0.2, 0) is 13.0 Å². The summed E-state index contributed by atoms with van der Waals surface area (Å²) in [4.78, 5) is 0. The van der Waals surface area contributed by atoms with Gasteiger partial charge in [-0.2, -0.15) is 0 Å². The Hall–Kier alpha value is 0.694. The standard InChI is InChI=1S/C17H33ClO3SSi2/c1-11(2)23(12(3)4)19-10-16-15(9-17(18)22-16)20-24(21-23,13(5)6)14(7)8/h9,11-16H,10H2,1-8H3/t15-,16+/m0/s1. The second kappa shape index (κ2) is 7.74. The van der Waals surface area contributed by atoms with Crippen LogP contribution in [0.3, 0.4) is 0 Å². The first-order valence-corrected chi connectivity index (χ1v) is 14.3. The van der Waals surface area contributed by atoms with Gasteiger partial charge in [-0.25, -0.2) is 0 Å². The lowest BCUT2D eigenvalue weighted by Gasteiger charge is -2.51. The lowest BCUT2D eigenvalue weighted by Crippen LogP contribution is -2.64. The van der Waals surface area contributed by atoms with Crippen LogP contribution < -0.4 is 0 Å². The average molecular weight is 409 g/mol. The van der Waals surface area contributed by atoms with Gasteiger partial charge in [-0.05, 0) is 28.2 Å². The van der Waals surface area contributed by atoms with E-state index in [0.717, 1.165) is 4.36 Å². The molecule has 2 aliphatic rings. The first-order chi connectivity index (χ1) is 11.0. The molecule has 1 saturated heterocycles. The zero-order valence-corrected chi connectivity index (χ0v) is 19.8. The van der Waals surface area contributed by atoms with Crippen LogP contribution in [0.25, 0.3) is 0 Å². The van der Waals surface area contributed by atoms with Crippen molar-refractivity contribution in [2.45, 2.75) is 88.9 Å². The Kier molecular flexibility index (Phi) is 6.78. The van der Waals surface area contributed by atoms with E-state index in [2.05, 4.69) is 61.5 Å². The number of hydrogen-bond acceptors (Lipinski definition) is 4. The highest BCUT2D eigenvalue weighted by Crippen LogP contribution is 2.49. The van der Waals surface area contributed by atoms with E-state index in [-0.39, 0.29) is 11.4 Å². The fourth-order valence-corrected chi connectivity index (χ4v) is 16.6. The molecule has 7 heteroatoms. The molecule has 0 N–H and O–H groups in total. The highest BCUT2D eigenvalue weighted by molar-refractivity contribution is 8.05. The summed E-state index contributed by atoms with van der Waals surface area (Å²) < 4.78 is 21.4. The van der Waals surface area contributed by atoms with Gasteiger partial charge in [-0.3, -0.25) is 0 Å². The van der Waals surface area contributed by atoms with Crippen molar-refractivity contribution in [3.8, 4) is 0 Å². The van der Waals surface area contributed by atoms with Gasteiger partial charge in [0.2, 0.25) is 0 Å². The second-order valence-corrected chi connectivity index (χ2v) is 18.9. The molecule has 140 valence electrons. The molecule has 0 spiro atoms. The molecule has 1 fully saturated rings. The minimum Gasteiger partial charge on any atom is -0.414 e. The summed E-state index contributed by atoms with van der Waals surface area (Å²) >= 11 is 8.00. The maximum absolute atomic E-state index is 7.11. The van der Waals surface area contributed by atoms with E-state index < -0.39 is 17.1 Å². The van der Waals surface area contributed by atoms with Crippen LogP contribution in [0.2, 0.25) is 22.2 Å². The molecule has 0 aromatic carbocycles. The molecule has 2 heterocycles. The summed E-state index contributed by atoms with van der Waals surface area (Å²) in [6.45, 7) is 18.6. The molecular weight excluding hydrogens is 376 g/mol. The minimum atomic E-state index is -2.48. The third-order valence-electron chi connectivity index (χ3n) is 5.26. The van der Waals surface area contributed by atoms with Gasteiger partial charge in [0.25, 0.3) is 0 Å². The fraction of sp³-hybridized carbons (Fsp3) is 0.882. The minimum absolute atomic E-state index is 0.00490.